The van der Waals surface area contributed by atoms with E-state index in [0.29, 0.717) is 23.2 Å². The number of furan rings is 1. The number of piperidine rings is 1. The molecular formula is C25H26F3N2O2+. The van der Waals surface area contributed by atoms with Gasteiger partial charge in [0.15, 0.2) is 11.8 Å². The molecule has 0 unspecified atom stereocenters. The molecule has 32 heavy (non-hydrogen) atoms. The fourth-order valence-electron chi connectivity index (χ4n) is 4.35. The Bertz CT molecular complexity index is 1020. The lowest BCUT2D eigenvalue weighted by Gasteiger charge is -2.30. The predicted octanol–water partition coefficient (Wildman–Crippen LogP) is 4.51. The van der Waals surface area contributed by atoms with Crippen LogP contribution < -0.4 is 10.2 Å². The lowest BCUT2D eigenvalue weighted by molar-refractivity contribution is -0.936. The van der Waals surface area contributed by atoms with Gasteiger partial charge >= 0.3 is 6.18 Å². The minimum Gasteiger partial charge on any atom is -0.463 e. The third-order valence-corrected chi connectivity index (χ3v) is 6.04. The molecule has 7 heteroatoms. The molecule has 0 radical (unpaired) electrons. The van der Waals surface area contributed by atoms with Gasteiger partial charge in [0.1, 0.15) is 0 Å². The molecule has 1 amide bonds. The summed E-state index contributed by atoms with van der Waals surface area (Å²) >= 11 is 0. The molecule has 2 heterocycles. The molecule has 1 atom stereocenters. The summed E-state index contributed by atoms with van der Waals surface area (Å²) in [5.41, 5.74) is 0.875. The maximum atomic E-state index is 13.1. The van der Waals surface area contributed by atoms with Gasteiger partial charge in [0, 0.05) is 5.56 Å². The van der Waals surface area contributed by atoms with Crippen LogP contribution in [0.25, 0.3) is 11.1 Å². The predicted molar refractivity (Wildman–Crippen MR) is 115 cm³/mol. The molecule has 0 bridgehead atoms. The molecular weight excluding hydrogens is 417 g/mol. The van der Waals surface area contributed by atoms with E-state index >= 15 is 0 Å². The van der Waals surface area contributed by atoms with Gasteiger partial charge in [0.25, 0.3) is 5.91 Å². The number of alkyl halides is 3. The van der Waals surface area contributed by atoms with Crippen molar-refractivity contribution in [3.63, 3.8) is 0 Å². The van der Waals surface area contributed by atoms with E-state index in [9.17, 15) is 18.0 Å². The highest BCUT2D eigenvalue weighted by atomic mass is 19.4. The number of nitrogens with one attached hydrogen (secondary N) is 2. The van der Waals surface area contributed by atoms with Crippen molar-refractivity contribution < 1.29 is 27.3 Å². The number of halogens is 3. The Labute approximate surface area is 185 Å². The van der Waals surface area contributed by atoms with Crippen LogP contribution in [0.15, 0.2) is 71.3 Å². The minimum absolute atomic E-state index is 0.0208. The number of likely N-dealkylation sites (tertiary alicyclic amines) is 1. The zero-order chi connectivity index (χ0) is 22.6. The van der Waals surface area contributed by atoms with Gasteiger partial charge in [-0.3, -0.25) is 4.79 Å². The van der Waals surface area contributed by atoms with Gasteiger partial charge in [0.05, 0.1) is 31.5 Å². The van der Waals surface area contributed by atoms with Crippen molar-refractivity contribution in [2.45, 2.75) is 31.5 Å². The molecule has 2 aromatic carbocycles. The summed E-state index contributed by atoms with van der Waals surface area (Å²) in [6, 6.07) is 15.7. The van der Waals surface area contributed by atoms with Gasteiger partial charge in [0.2, 0.25) is 0 Å². The molecule has 1 saturated heterocycles. The van der Waals surface area contributed by atoms with E-state index < -0.39 is 11.7 Å². The minimum atomic E-state index is -4.40. The number of benzene rings is 2. The van der Waals surface area contributed by atoms with Crippen molar-refractivity contribution in [1.29, 1.82) is 0 Å². The largest absolute Gasteiger partial charge is 0.463 e. The molecule has 4 nitrogen and oxygen atoms in total. The van der Waals surface area contributed by atoms with Gasteiger partial charge in [-0.1, -0.05) is 30.3 Å². The third kappa shape index (κ3) is 5.05. The molecule has 0 saturated carbocycles. The smallest absolute Gasteiger partial charge is 0.416 e. The van der Waals surface area contributed by atoms with E-state index in [0.717, 1.165) is 43.8 Å². The molecule has 1 aliphatic heterocycles. The Balaban J connectivity index is 1.52. The van der Waals surface area contributed by atoms with Gasteiger partial charge in [-0.15, -0.1) is 0 Å². The van der Waals surface area contributed by atoms with Gasteiger partial charge in [-0.2, -0.15) is 13.2 Å². The van der Waals surface area contributed by atoms with Crippen LogP contribution in [0.5, 0.6) is 0 Å². The van der Waals surface area contributed by atoms with Crippen LogP contribution >= 0.6 is 0 Å². The molecule has 2 N–H and O–H groups in total. The first-order valence-electron chi connectivity index (χ1n) is 10.9. The Morgan fingerprint density at radius 1 is 0.969 bits per heavy atom. The lowest BCUT2D eigenvalue weighted by atomic mass is 9.98. The number of hydrogen-bond acceptors (Lipinski definition) is 2. The molecule has 1 aromatic heterocycles. The van der Waals surface area contributed by atoms with E-state index in [2.05, 4.69) is 5.32 Å². The second-order valence-corrected chi connectivity index (χ2v) is 8.12. The summed E-state index contributed by atoms with van der Waals surface area (Å²) in [7, 11) is 0. The summed E-state index contributed by atoms with van der Waals surface area (Å²) in [6.07, 6.45) is 0.774. The van der Waals surface area contributed by atoms with Crippen molar-refractivity contribution in [3.05, 3.63) is 83.8 Å². The molecule has 4 rings (SSSR count). The SMILES string of the molecule is O=C(NC[C@H](c1ccco1)[NH+]1CCCCC1)c1ccccc1-c1ccc(C(F)(F)F)cc1. The first-order chi connectivity index (χ1) is 15.4. The van der Waals surface area contributed by atoms with Crippen LogP contribution in [0.3, 0.4) is 0 Å². The number of carbonyl (C=O) groups is 1. The summed E-state index contributed by atoms with van der Waals surface area (Å²) in [4.78, 5) is 14.5. The highest BCUT2D eigenvalue weighted by molar-refractivity contribution is 6.00. The van der Waals surface area contributed by atoms with Gasteiger partial charge in [-0.25, -0.2) is 0 Å². The van der Waals surface area contributed by atoms with E-state index in [-0.39, 0.29) is 11.9 Å². The van der Waals surface area contributed by atoms with Crippen LogP contribution in [0.4, 0.5) is 13.2 Å². The third-order valence-electron chi connectivity index (χ3n) is 6.04. The van der Waals surface area contributed by atoms with E-state index in [4.69, 9.17) is 4.42 Å². The first-order valence-corrected chi connectivity index (χ1v) is 10.9. The van der Waals surface area contributed by atoms with Crippen LogP contribution in [0.2, 0.25) is 0 Å². The standard InChI is InChI=1S/C25H25F3N2O2/c26-25(27,28)19-12-10-18(11-13-19)20-7-2-3-8-21(20)24(31)29-17-22(23-9-6-16-32-23)30-14-4-1-5-15-30/h2-3,6-13,16,22H,1,4-5,14-15,17H2,(H,29,31)/p+1/t22-/m1/s1. The Kier molecular flexibility index (Phi) is 6.65. The summed E-state index contributed by atoms with van der Waals surface area (Å²) in [6.45, 7) is 2.48. The lowest BCUT2D eigenvalue weighted by Crippen LogP contribution is -3.13. The number of quaternary nitrogens is 1. The van der Waals surface area contributed by atoms with Crippen LogP contribution in [-0.2, 0) is 6.18 Å². The fraction of sp³-hybridized carbons (Fsp3) is 0.320. The monoisotopic (exact) mass is 443 g/mol. The molecule has 0 spiro atoms. The Morgan fingerprint density at radius 2 is 1.69 bits per heavy atom. The first kappa shape index (κ1) is 22.1. The highest BCUT2D eigenvalue weighted by Gasteiger charge is 2.31. The number of hydrogen-bond donors (Lipinski definition) is 2. The highest BCUT2D eigenvalue weighted by Crippen LogP contribution is 2.31. The zero-order valence-corrected chi connectivity index (χ0v) is 17.6. The van der Waals surface area contributed by atoms with Crippen LogP contribution in [0.1, 0.15) is 47.0 Å². The van der Waals surface area contributed by atoms with Crippen molar-refractivity contribution in [2.75, 3.05) is 19.6 Å². The van der Waals surface area contributed by atoms with Gasteiger partial charge < -0.3 is 14.6 Å². The number of rotatable bonds is 6. The average Bonchev–Trinajstić information content (AvgIpc) is 3.34. The topological polar surface area (TPSA) is 46.7 Å². The molecule has 1 aliphatic rings. The maximum Gasteiger partial charge on any atom is 0.416 e. The zero-order valence-electron chi connectivity index (χ0n) is 17.6. The normalized spacial score (nSPS) is 16.0. The summed E-state index contributed by atoms with van der Waals surface area (Å²) in [5.74, 6) is 0.590. The maximum absolute atomic E-state index is 13.1. The summed E-state index contributed by atoms with van der Waals surface area (Å²) in [5, 5.41) is 3.03. The van der Waals surface area contributed by atoms with Crippen molar-refractivity contribution in [2.24, 2.45) is 0 Å². The Morgan fingerprint density at radius 3 is 2.34 bits per heavy atom. The van der Waals surface area contributed by atoms with E-state index in [1.54, 1.807) is 30.5 Å². The summed E-state index contributed by atoms with van der Waals surface area (Å²) < 4.78 is 44.4. The van der Waals surface area contributed by atoms with Gasteiger partial charge in [-0.05, 0) is 60.7 Å². The molecule has 168 valence electrons. The Hall–Kier alpha value is -3.06. The fourth-order valence-corrected chi connectivity index (χ4v) is 4.35. The van der Waals surface area contributed by atoms with Crippen LogP contribution in [0, 0.1) is 0 Å². The molecule has 1 fully saturated rings. The van der Waals surface area contributed by atoms with E-state index in [1.165, 1.54) is 23.5 Å². The number of amides is 1. The average molecular weight is 443 g/mol. The van der Waals surface area contributed by atoms with Crippen molar-refractivity contribution in [1.82, 2.24) is 5.32 Å². The second kappa shape index (κ2) is 9.61. The van der Waals surface area contributed by atoms with Crippen molar-refractivity contribution in [3.8, 4) is 11.1 Å². The number of carbonyl (C=O) groups excluding carboxylic acids is 1. The van der Waals surface area contributed by atoms with Crippen LogP contribution in [-0.4, -0.2) is 25.5 Å². The van der Waals surface area contributed by atoms with E-state index in [1.807, 2.05) is 12.1 Å². The second-order valence-electron chi connectivity index (χ2n) is 8.12. The molecule has 0 aliphatic carbocycles. The van der Waals surface area contributed by atoms with Crippen molar-refractivity contribution >= 4 is 5.91 Å². The quantitative estimate of drug-likeness (QED) is 0.589. The molecule has 3 aromatic rings.